The van der Waals surface area contributed by atoms with Crippen LogP contribution in [0.5, 0.6) is 0 Å². The number of carbonyl (C=O) groups is 1. The Kier molecular flexibility index (Phi) is 15.8. The van der Waals surface area contributed by atoms with E-state index in [9.17, 15) is 69.7 Å². The molecule has 1 fully saturated rings. The van der Waals surface area contributed by atoms with Crippen molar-refractivity contribution < 1.29 is 97.6 Å². The molecule has 1 saturated heterocycles. The maximum atomic E-state index is 12.3. The molecule has 11 N–H and O–H groups in total. The Hall–Kier alpha value is -0.750. The van der Waals surface area contributed by atoms with Crippen LogP contribution in [-0.2, 0) is 36.8 Å². The number of phosphoric ester groups is 2. The third kappa shape index (κ3) is 12.4. The van der Waals surface area contributed by atoms with Crippen molar-refractivity contribution in [1.29, 1.82) is 0 Å². The number of rotatable bonds is 18. The molecule has 0 aromatic rings. The smallest absolute Gasteiger partial charge is 0.268 e. The van der Waals surface area contributed by atoms with Crippen molar-refractivity contribution in [1.82, 2.24) is 5.32 Å². The molecule has 13 atom stereocenters. The molecule has 41 heavy (non-hydrogen) atoms. The van der Waals surface area contributed by atoms with E-state index in [1.807, 2.05) is 0 Å². The average molecular weight is 647 g/mol. The van der Waals surface area contributed by atoms with Crippen LogP contribution in [0.1, 0.15) is 6.92 Å². The monoisotopic (exact) mass is 647 g/mol. The molecule has 0 spiro atoms. The zero-order valence-corrected chi connectivity index (χ0v) is 23.1. The van der Waals surface area contributed by atoms with Gasteiger partial charge in [-0.25, -0.2) is 0 Å². The van der Waals surface area contributed by atoms with Gasteiger partial charge in [0.2, 0.25) is 5.91 Å². The number of phosphoric acid groups is 2. The standard InChI is InChI=1S/C18H37NO20P2/c1-7(22)19-13-17(16(29)12(3-21)38-18(13)30)39-41(33,34)37-6-11(26)15(28)10(25)5-36-40(31,32)35-4-9(24)14(27)8(23)2-20/h8-18,20-21,23-30H,2-6H2,1H3,(H,19,22)(H,31,32)(H,33,34)/p-2/t8-,9+,10-,11+,12+,13+,14-,15-,16-,17+,18+/m0/s1. The summed E-state index contributed by atoms with van der Waals surface area (Å²) in [5.41, 5.74) is 0. The number of hydrogen-bond donors (Lipinski definition) is 11. The van der Waals surface area contributed by atoms with Gasteiger partial charge in [-0.3, -0.25) is 13.9 Å². The topological polar surface area (TPSA) is 358 Å². The molecule has 2 unspecified atom stereocenters. The van der Waals surface area contributed by atoms with Gasteiger partial charge in [0, 0.05) is 6.92 Å². The second-order valence-corrected chi connectivity index (χ2v) is 11.5. The van der Waals surface area contributed by atoms with E-state index in [1.165, 1.54) is 0 Å². The van der Waals surface area contributed by atoms with Crippen molar-refractivity contribution in [2.24, 2.45) is 0 Å². The van der Waals surface area contributed by atoms with Crippen LogP contribution in [0.3, 0.4) is 0 Å². The van der Waals surface area contributed by atoms with E-state index < -0.39 is 122 Å². The van der Waals surface area contributed by atoms with Crippen LogP contribution in [0.2, 0.25) is 0 Å². The number of hydrogen-bond acceptors (Lipinski definition) is 20. The van der Waals surface area contributed by atoms with Gasteiger partial charge in [-0.15, -0.1) is 0 Å². The molecule has 1 rings (SSSR count). The molecular formula is C18H35NO20P2-2. The normalized spacial score (nSPS) is 30.7. The minimum absolute atomic E-state index is 0.792. The van der Waals surface area contributed by atoms with Crippen LogP contribution in [0, 0.1) is 0 Å². The largest absolute Gasteiger partial charge is 0.756 e. The lowest BCUT2D eigenvalue weighted by molar-refractivity contribution is -0.273. The first-order chi connectivity index (χ1) is 18.9. The summed E-state index contributed by atoms with van der Waals surface area (Å²) < 4.78 is 46.5. The highest BCUT2D eigenvalue weighted by Crippen LogP contribution is 2.43. The van der Waals surface area contributed by atoms with E-state index in [1.54, 1.807) is 0 Å². The van der Waals surface area contributed by atoms with Crippen LogP contribution in [0.4, 0.5) is 0 Å². The predicted octanol–water partition coefficient (Wildman–Crippen LogP) is -7.91. The second kappa shape index (κ2) is 16.9. The van der Waals surface area contributed by atoms with Crippen LogP contribution in [0.15, 0.2) is 0 Å². The van der Waals surface area contributed by atoms with Crippen molar-refractivity contribution >= 4 is 21.6 Å². The fourth-order valence-electron chi connectivity index (χ4n) is 3.23. The SMILES string of the molecule is CC(=O)N[C@@H]1[C@@H](OP(=O)([O-])OC[C@@H](O)[C@@H](O)[C@@H](O)COP(=O)([O-])OC[C@@H](O)[C@@H](O)[C@@H](O)CO)[C@@H](O)[C@@H](CO)O[C@H]1O. The summed E-state index contributed by atoms with van der Waals surface area (Å²) in [5.74, 6) is -0.792. The van der Waals surface area contributed by atoms with E-state index in [4.69, 9.17) is 14.4 Å². The fourth-order valence-corrected chi connectivity index (χ4v) is 4.93. The van der Waals surface area contributed by atoms with Crippen molar-refractivity contribution in [3.8, 4) is 0 Å². The van der Waals surface area contributed by atoms with Crippen LogP contribution in [0.25, 0.3) is 0 Å². The molecule has 0 aromatic heterocycles. The Balaban J connectivity index is 2.67. The third-order valence-electron chi connectivity index (χ3n) is 5.47. The van der Waals surface area contributed by atoms with Gasteiger partial charge in [0.25, 0.3) is 15.6 Å². The van der Waals surface area contributed by atoms with Gasteiger partial charge in [-0.05, 0) is 0 Å². The molecule has 0 saturated carbocycles. The lowest BCUT2D eigenvalue weighted by Gasteiger charge is -2.44. The van der Waals surface area contributed by atoms with Gasteiger partial charge in [-0.1, -0.05) is 0 Å². The molecule has 244 valence electrons. The summed E-state index contributed by atoms with van der Waals surface area (Å²) in [6, 6.07) is -1.67. The Labute approximate surface area is 232 Å². The van der Waals surface area contributed by atoms with Crippen LogP contribution >= 0.6 is 15.6 Å². The molecule has 0 aromatic carbocycles. The number of nitrogens with one attached hydrogen (secondary N) is 1. The van der Waals surface area contributed by atoms with Crippen molar-refractivity contribution in [3.05, 3.63) is 0 Å². The molecule has 1 heterocycles. The molecule has 21 nitrogen and oxygen atoms in total. The summed E-state index contributed by atoms with van der Waals surface area (Å²) in [6.45, 7) is -4.59. The number of carbonyl (C=O) groups excluding carboxylic acids is 1. The summed E-state index contributed by atoms with van der Waals surface area (Å²) >= 11 is 0. The van der Waals surface area contributed by atoms with Gasteiger partial charge < -0.3 is 89.0 Å². The Bertz CT molecular complexity index is 898. The Morgan fingerprint density at radius 3 is 1.71 bits per heavy atom. The maximum Gasteiger partial charge on any atom is 0.268 e. The third-order valence-corrected chi connectivity index (χ3v) is 7.37. The van der Waals surface area contributed by atoms with E-state index in [0.29, 0.717) is 0 Å². The van der Waals surface area contributed by atoms with Gasteiger partial charge in [-0.2, -0.15) is 0 Å². The van der Waals surface area contributed by atoms with Crippen molar-refractivity contribution in [3.63, 3.8) is 0 Å². The number of aliphatic hydroxyl groups is 10. The minimum Gasteiger partial charge on any atom is -0.756 e. The zero-order valence-electron chi connectivity index (χ0n) is 21.3. The predicted molar refractivity (Wildman–Crippen MR) is 123 cm³/mol. The Morgan fingerprint density at radius 2 is 1.29 bits per heavy atom. The van der Waals surface area contributed by atoms with Crippen LogP contribution < -0.4 is 15.1 Å². The number of amides is 1. The quantitative estimate of drug-likeness (QED) is 0.0615. The van der Waals surface area contributed by atoms with Gasteiger partial charge in [0.05, 0.1) is 33.0 Å². The van der Waals surface area contributed by atoms with E-state index >= 15 is 0 Å². The second-order valence-electron chi connectivity index (χ2n) is 8.75. The molecule has 1 amide bonds. The van der Waals surface area contributed by atoms with Crippen molar-refractivity contribution in [2.75, 3.05) is 33.0 Å². The number of ether oxygens (including phenoxy) is 1. The minimum atomic E-state index is -5.53. The first-order valence-electron chi connectivity index (χ1n) is 11.7. The molecule has 1 aliphatic heterocycles. The summed E-state index contributed by atoms with van der Waals surface area (Å²) in [6.07, 6.45) is -19.9. The fraction of sp³-hybridized carbons (Fsp3) is 0.944. The van der Waals surface area contributed by atoms with Gasteiger partial charge in [0.1, 0.15) is 61.0 Å². The summed E-state index contributed by atoms with van der Waals surface area (Å²) in [7, 11) is -10.8. The molecule has 0 radical (unpaired) electrons. The first kappa shape index (κ1) is 38.3. The maximum absolute atomic E-state index is 12.3. The molecule has 0 aliphatic carbocycles. The molecule has 1 aliphatic rings. The lowest BCUT2D eigenvalue weighted by Crippen LogP contribution is -2.64. The highest BCUT2D eigenvalue weighted by molar-refractivity contribution is 7.46. The summed E-state index contributed by atoms with van der Waals surface area (Å²) in [4.78, 5) is 35.4. The summed E-state index contributed by atoms with van der Waals surface area (Å²) in [5, 5.41) is 98.2. The molecular weight excluding hydrogens is 612 g/mol. The van der Waals surface area contributed by atoms with Gasteiger partial charge >= 0.3 is 0 Å². The molecule has 0 bridgehead atoms. The van der Waals surface area contributed by atoms with E-state index in [0.717, 1.165) is 6.92 Å². The van der Waals surface area contributed by atoms with Crippen molar-refractivity contribution in [2.45, 2.75) is 74.2 Å². The Morgan fingerprint density at radius 1 is 0.854 bits per heavy atom. The van der Waals surface area contributed by atoms with Gasteiger partial charge in [0.15, 0.2) is 6.29 Å². The van der Waals surface area contributed by atoms with E-state index in [-0.39, 0.29) is 0 Å². The highest BCUT2D eigenvalue weighted by Gasteiger charge is 2.47. The van der Waals surface area contributed by atoms with E-state index in [2.05, 4.69) is 18.9 Å². The number of aliphatic hydroxyl groups excluding tert-OH is 10. The highest BCUT2D eigenvalue weighted by atomic mass is 31.2. The zero-order chi connectivity index (χ0) is 31.7. The lowest BCUT2D eigenvalue weighted by atomic mass is 9.97. The molecule has 23 heteroatoms. The van der Waals surface area contributed by atoms with Crippen LogP contribution in [-0.4, -0.2) is 157 Å². The first-order valence-corrected chi connectivity index (χ1v) is 14.6. The average Bonchev–Trinajstić information content (AvgIpc) is 2.91.